The third-order valence-electron chi connectivity index (χ3n) is 9.41. The van der Waals surface area contributed by atoms with Crippen LogP contribution >= 0.6 is 0 Å². The summed E-state index contributed by atoms with van der Waals surface area (Å²) in [6.45, 7) is 0. The molecule has 10 aromatic rings. The van der Waals surface area contributed by atoms with E-state index in [1.807, 2.05) is 42.5 Å². The van der Waals surface area contributed by atoms with Crippen LogP contribution < -0.4 is 0 Å². The Bertz CT molecular complexity index is 2870. The van der Waals surface area contributed by atoms with Gasteiger partial charge in [0.2, 0.25) is 0 Å². The van der Waals surface area contributed by atoms with Crippen LogP contribution in [0.3, 0.4) is 0 Å². The molecule has 49 heavy (non-hydrogen) atoms. The van der Waals surface area contributed by atoms with Crippen molar-refractivity contribution in [3.63, 3.8) is 0 Å². The van der Waals surface area contributed by atoms with Crippen molar-refractivity contribution in [2.24, 2.45) is 0 Å². The monoisotopic (exact) mass is 625 g/mol. The molecule has 10 rings (SSSR count). The molecule has 4 aromatic heterocycles. The number of aromatic nitrogens is 5. The normalized spacial score (nSPS) is 11.7. The molecule has 0 saturated heterocycles. The summed E-state index contributed by atoms with van der Waals surface area (Å²) >= 11 is 0. The largest absolute Gasteiger partial charge is 0.298 e. The average Bonchev–Trinajstić information content (AvgIpc) is 3.57. The van der Waals surface area contributed by atoms with Crippen LogP contribution in [-0.2, 0) is 0 Å². The highest BCUT2D eigenvalue weighted by Gasteiger charge is 2.17. The van der Waals surface area contributed by atoms with Gasteiger partial charge in [0.05, 0.1) is 27.9 Å². The molecular weight excluding hydrogens is 599 g/mol. The standard InChI is InChI=1S/C44H27N5/c1-2-10-33-27-34(25-20-28(33)9-1)40-35-11-3-6-14-38(35)46-44(48-40)32-23-18-30(19-24-32)29-16-21-31(22-17-29)41-43-42(36-12-4-5-13-37(36)45-41)47-39-15-7-8-26-49(39)43/h1-27H. The summed E-state index contributed by atoms with van der Waals surface area (Å²) in [7, 11) is 0. The molecule has 0 saturated carbocycles. The number of rotatable bonds is 4. The maximum atomic E-state index is 5.13. The number of benzene rings is 6. The van der Waals surface area contributed by atoms with Gasteiger partial charge in [-0.2, -0.15) is 0 Å². The molecule has 0 fully saturated rings. The maximum absolute atomic E-state index is 5.13. The zero-order valence-electron chi connectivity index (χ0n) is 26.3. The lowest BCUT2D eigenvalue weighted by molar-refractivity contribution is 1.22. The highest BCUT2D eigenvalue weighted by Crippen LogP contribution is 2.35. The lowest BCUT2D eigenvalue weighted by Crippen LogP contribution is -1.95. The number of imidazole rings is 1. The Morgan fingerprint density at radius 3 is 1.80 bits per heavy atom. The van der Waals surface area contributed by atoms with E-state index in [-0.39, 0.29) is 0 Å². The molecule has 4 heterocycles. The van der Waals surface area contributed by atoms with Gasteiger partial charge in [-0.05, 0) is 52.2 Å². The Kier molecular flexibility index (Phi) is 6.11. The Labute approximate surface area is 281 Å². The minimum absolute atomic E-state index is 0.711. The quantitative estimate of drug-likeness (QED) is 0.195. The molecule has 5 heteroatoms. The van der Waals surface area contributed by atoms with E-state index in [0.717, 1.165) is 77.7 Å². The fraction of sp³-hybridized carbons (Fsp3) is 0. The van der Waals surface area contributed by atoms with E-state index >= 15 is 0 Å². The van der Waals surface area contributed by atoms with Crippen molar-refractivity contribution in [1.82, 2.24) is 24.3 Å². The molecule has 0 aliphatic carbocycles. The average molecular weight is 626 g/mol. The van der Waals surface area contributed by atoms with Crippen molar-refractivity contribution in [2.75, 3.05) is 0 Å². The molecule has 0 radical (unpaired) electrons. The fourth-order valence-electron chi connectivity index (χ4n) is 6.95. The molecule has 0 N–H and O–H groups in total. The van der Waals surface area contributed by atoms with Crippen LogP contribution in [0.1, 0.15) is 0 Å². The van der Waals surface area contributed by atoms with Crippen LogP contribution in [-0.4, -0.2) is 24.3 Å². The van der Waals surface area contributed by atoms with Gasteiger partial charge >= 0.3 is 0 Å². The Morgan fingerprint density at radius 1 is 0.388 bits per heavy atom. The topological polar surface area (TPSA) is 56.0 Å². The highest BCUT2D eigenvalue weighted by molar-refractivity contribution is 6.09. The van der Waals surface area contributed by atoms with E-state index in [4.69, 9.17) is 19.9 Å². The Morgan fingerprint density at radius 2 is 1.00 bits per heavy atom. The second-order valence-corrected chi connectivity index (χ2v) is 12.3. The van der Waals surface area contributed by atoms with Crippen molar-refractivity contribution < 1.29 is 0 Å². The summed E-state index contributed by atoms with van der Waals surface area (Å²) in [5, 5.41) is 4.51. The highest BCUT2D eigenvalue weighted by atomic mass is 15.0. The molecule has 0 amide bonds. The van der Waals surface area contributed by atoms with Crippen LogP contribution in [0.25, 0.3) is 94.3 Å². The predicted molar refractivity (Wildman–Crippen MR) is 200 cm³/mol. The first-order valence-electron chi connectivity index (χ1n) is 16.4. The number of pyridine rings is 2. The van der Waals surface area contributed by atoms with Gasteiger partial charge in [0.25, 0.3) is 0 Å². The SMILES string of the molecule is c1ccc2cc(-c3nc(-c4ccc(-c5ccc(-c6nc7ccccc7c7nc8ccccn8c67)cc5)cc4)nc4ccccc34)ccc2c1. The van der Waals surface area contributed by atoms with Gasteiger partial charge in [0, 0.05) is 33.7 Å². The molecule has 228 valence electrons. The van der Waals surface area contributed by atoms with E-state index in [2.05, 4.69) is 126 Å². The van der Waals surface area contributed by atoms with Crippen LogP contribution in [0.5, 0.6) is 0 Å². The zero-order valence-corrected chi connectivity index (χ0v) is 26.3. The van der Waals surface area contributed by atoms with E-state index in [1.54, 1.807) is 0 Å². The lowest BCUT2D eigenvalue weighted by Gasteiger charge is -2.11. The third-order valence-corrected chi connectivity index (χ3v) is 9.41. The van der Waals surface area contributed by atoms with Crippen LogP contribution in [0.15, 0.2) is 164 Å². The minimum Gasteiger partial charge on any atom is -0.298 e. The van der Waals surface area contributed by atoms with E-state index < -0.39 is 0 Å². The zero-order chi connectivity index (χ0) is 32.3. The molecule has 0 aliphatic heterocycles. The van der Waals surface area contributed by atoms with Gasteiger partial charge in [-0.25, -0.2) is 19.9 Å². The Balaban J connectivity index is 1.02. The molecule has 6 aromatic carbocycles. The van der Waals surface area contributed by atoms with Crippen molar-refractivity contribution in [3.05, 3.63) is 164 Å². The number of hydrogen-bond acceptors (Lipinski definition) is 4. The first kappa shape index (κ1) is 27.4. The molecule has 0 spiro atoms. The summed E-state index contributed by atoms with van der Waals surface area (Å²) in [6.07, 6.45) is 2.06. The molecular formula is C44H27N5. The predicted octanol–water partition coefficient (Wildman–Crippen LogP) is 10.8. The number of hydrogen-bond donors (Lipinski definition) is 0. The van der Waals surface area contributed by atoms with Crippen molar-refractivity contribution in [1.29, 1.82) is 0 Å². The Hall–Kier alpha value is -6.72. The van der Waals surface area contributed by atoms with Gasteiger partial charge in [0.1, 0.15) is 11.2 Å². The summed E-state index contributed by atoms with van der Waals surface area (Å²) in [5.41, 5.74) is 12.0. The van der Waals surface area contributed by atoms with E-state index in [1.165, 1.54) is 10.8 Å². The van der Waals surface area contributed by atoms with Gasteiger partial charge in [-0.3, -0.25) is 4.40 Å². The first-order valence-corrected chi connectivity index (χ1v) is 16.4. The first-order chi connectivity index (χ1) is 24.3. The third kappa shape index (κ3) is 4.55. The maximum Gasteiger partial charge on any atom is 0.160 e. The number of para-hydroxylation sites is 2. The van der Waals surface area contributed by atoms with Crippen molar-refractivity contribution in [3.8, 4) is 45.0 Å². The van der Waals surface area contributed by atoms with Gasteiger partial charge < -0.3 is 0 Å². The van der Waals surface area contributed by atoms with Crippen molar-refractivity contribution >= 4 is 49.3 Å². The smallest absolute Gasteiger partial charge is 0.160 e. The minimum atomic E-state index is 0.711. The van der Waals surface area contributed by atoms with Gasteiger partial charge in [-0.15, -0.1) is 0 Å². The summed E-state index contributed by atoms with van der Waals surface area (Å²) in [6, 6.07) is 54.7. The van der Waals surface area contributed by atoms with Crippen LogP contribution in [0.2, 0.25) is 0 Å². The van der Waals surface area contributed by atoms with Crippen LogP contribution in [0.4, 0.5) is 0 Å². The van der Waals surface area contributed by atoms with E-state index in [0.29, 0.717) is 5.82 Å². The molecule has 0 atom stereocenters. The van der Waals surface area contributed by atoms with Crippen LogP contribution in [0, 0.1) is 0 Å². The number of fused-ring (bicyclic) bond motifs is 7. The fourth-order valence-corrected chi connectivity index (χ4v) is 6.95. The summed E-state index contributed by atoms with van der Waals surface area (Å²) < 4.78 is 2.14. The van der Waals surface area contributed by atoms with Crippen molar-refractivity contribution in [2.45, 2.75) is 0 Å². The molecule has 5 nitrogen and oxygen atoms in total. The molecule has 0 unspecified atom stereocenters. The summed E-state index contributed by atoms with van der Waals surface area (Å²) in [4.78, 5) is 20.2. The van der Waals surface area contributed by atoms with E-state index in [9.17, 15) is 0 Å². The van der Waals surface area contributed by atoms with Gasteiger partial charge in [-0.1, -0.05) is 127 Å². The molecule has 0 aliphatic rings. The second-order valence-electron chi connectivity index (χ2n) is 12.3. The summed E-state index contributed by atoms with van der Waals surface area (Å²) in [5.74, 6) is 0.711. The second kappa shape index (κ2) is 10.9. The number of nitrogens with zero attached hydrogens (tertiary/aromatic N) is 5. The van der Waals surface area contributed by atoms with Gasteiger partial charge in [0.15, 0.2) is 5.82 Å². The molecule has 0 bridgehead atoms. The lowest BCUT2D eigenvalue weighted by atomic mass is 10.00.